The molecule has 1 N–H and O–H groups in total. The van der Waals surface area contributed by atoms with Crippen molar-refractivity contribution in [2.24, 2.45) is 0 Å². The van der Waals surface area contributed by atoms with E-state index in [0.717, 1.165) is 32.7 Å². The lowest BCUT2D eigenvalue weighted by Crippen LogP contribution is -2.45. The number of morpholine rings is 1. The number of nitrogens with zero attached hydrogens (tertiary/aromatic N) is 3. The molecule has 2 rings (SSSR count). The number of hydrogen-bond donors (Lipinski definition) is 1. The zero-order chi connectivity index (χ0) is 13.0. The third kappa shape index (κ3) is 2.81. The van der Waals surface area contributed by atoms with Crippen LogP contribution in [0, 0.1) is 0 Å². The van der Waals surface area contributed by atoms with Gasteiger partial charge in [-0.1, -0.05) is 18.9 Å². The third-order valence-corrected chi connectivity index (χ3v) is 3.26. The molecule has 0 amide bonds. The maximum absolute atomic E-state index is 5.76. The Morgan fingerprint density at radius 1 is 1.44 bits per heavy atom. The minimum Gasteiger partial charge on any atom is -0.406 e. The third-order valence-electron chi connectivity index (χ3n) is 3.26. The average molecular weight is 254 g/mol. The first-order chi connectivity index (χ1) is 8.76. The Labute approximate surface area is 108 Å². The summed E-state index contributed by atoms with van der Waals surface area (Å²) in [6, 6.07) is 1.05. The second kappa shape index (κ2) is 6.15. The molecule has 2 heterocycles. The largest absolute Gasteiger partial charge is 0.406 e. The van der Waals surface area contributed by atoms with Crippen LogP contribution in [0.4, 0.5) is 6.01 Å². The molecule has 18 heavy (non-hydrogen) atoms. The summed E-state index contributed by atoms with van der Waals surface area (Å²) in [5.74, 6) is 0.646. The maximum Gasteiger partial charge on any atom is 0.318 e. The second-order valence-corrected chi connectivity index (χ2v) is 4.53. The van der Waals surface area contributed by atoms with Gasteiger partial charge < -0.3 is 19.4 Å². The smallest absolute Gasteiger partial charge is 0.318 e. The van der Waals surface area contributed by atoms with E-state index in [9.17, 15) is 0 Å². The summed E-state index contributed by atoms with van der Waals surface area (Å²) in [6.07, 6.45) is 1.01. The number of nitrogens with one attached hydrogen (secondary N) is 1. The SMILES string of the molecule is CCNC(C)c1nnc(N2CCOCC2CC)o1. The molecule has 0 radical (unpaired) electrons. The van der Waals surface area contributed by atoms with E-state index in [0.29, 0.717) is 17.9 Å². The number of anilines is 1. The number of aromatic nitrogens is 2. The number of hydrogen-bond acceptors (Lipinski definition) is 6. The molecule has 0 spiro atoms. The molecule has 0 bridgehead atoms. The van der Waals surface area contributed by atoms with Crippen molar-refractivity contribution in [2.75, 3.05) is 31.2 Å². The lowest BCUT2D eigenvalue weighted by Gasteiger charge is -2.33. The minimum absolute atomic E-state index is 0.0948. The van der Waals surface area contributed by atoms with Gasteiger partial charge in [-0.15, -0.1) is 5.10 Å². The average Bonchev–Trinajstić information content (AvgIpc) is 2.88. The Morgan fingerprint density at radius 3 is 3.00 bits per heavy atom. The van der Waals surface area contributed by atoms with Crippen molar-refractivity contribution in [1.82, 2.24) is 15.5 Å². The second-order valence-electron chi connectivity index (χ2n) is 4.53. The molecule has 6 heteroatoms. The molecule has 1 aromatic heterocycles. The molecule has 1 aliphatic rings. The van der Waals surface area contributed by atoms with E-state index < -0.39 is 0 Å². The van der Waals surface area contributed by atoms with E-state index >= 15 is 0 Å². The Bertz CT molecular complexity index is 369. The van der Waals surface area contributed by atoms with Crippen LogP contribution in [0.3, 0.4) is 0 Å². The highest BCUT2D eigenvalue weighted by Crippen LogP contribution is 2.22. The van der Waals surface area contributed by atoms with Crippen LogP contribution >= 0.6 is 0 Å². The van der Waals surface area contributed by atoms with Gasteiger partial charge in [0.1, 0.15) is 0 Å². The molecule has 1 aliphatic heterocycles. The van der Waals surface area contributed by atoms with Gasteiger partial charge in [-0.2, -0.15) is 0 Å². The summed E-state index contributed by atoms with van der Waals surface area (Å²) in [7, 11) is 0. The van der Waals surface area contributed by atoms with E-state index in [1.807, 2.05) is 6.92 Å². The summed E-state index contributed by atoms with van der Waals surface area (Å²) < 4.78 is 11.2. The standard InChI is InChI=1S/C12H22N4O2/c1-4-10-8-17-7-6-16(10)12-15-14-11(18-12)9(3)13-5-2/h9-10,13H,4-8H2,1-3H3. The predicted octanol–water partition coefficient (Wildman–Crippen LogP) is 1.36. The summed E-state index contributed by atoms with van der Waals surface area (Å²) in [5, 5.41) is 11.5. The van der Waals surface area contributed by atoms with Crippen LogP contribution in [-0.2, 0) is 4.74 Å². The van der Waals surface area contributed by atoms with Crippen molar-refractivity contribution >= 4 is 6.01 Å². The monoisotopic (exact) mass is 254 g/mol. The van der Waals surface area contributed by atoms with Gasteiger partial charge in [-0.3, -0.25) is 0 Å². The summed E-state index contributed by atoms with van der Waals surface area (Å²) in [6.45, 7) is 9.38. The predicted molar refractivity (Wildman–Crippen MR) is 68.6 cm³/mol. The lowest BCUT2D eigenvalue weighted by atomic mass is 10.2. The van der Waals surface area contributed by atoms with Crippen molar-refractivity contribution in [3.8, 4) is 0 Å². The Kier molecular flexibility index (Phi) is 4.54. The van der Waals surface area contributed by atoms with Crippen molar-refractivity contribution in [3.63, 3.8) is 0 Å². The van der Waals surface area contributed by atoms with Gasteiger partial charge in [0.05, 0.1) is 25.3 Å². The zero-order valence-electron chi connectivity index (χ0n) is 11.3. The van der Waals surface area contributed by atoms with Crippen molar-refractivity contribution in [3.05, 3.63) is 5.89 Å². The van der Waals surface area contributed by atoms with Gasteiger partial charge in [-0.05, 0) is 19.9 Å². The summed E-state index contributed by atoms with van der Waals surface area (Å²) in [4.78, 5) is 2.15. The summed E-state index contributed by atoms with van der Waals surface area (Å²) in [5.41, 5.74) is 0. The van der Waals surface area contributed by atoms with E-state index in [-0.39, 0.29) is 6.04 Å². The Hall–Kier alpha value is -1.14. The molecule has 1 aromatic rings. The highest BCUT2D eigenvalue weighted by atomic mass is 16.5. The Morgan fingerprint density at radius 2 is 2.28 bits per heavy atom. The van der Waals surface area contributed by atoms with Crippen LogP contribution in [0.5, 0.6) is 0 Å². The molecule has 6 nitrogen and oxygen atoms in total. The molecule has 1 fully saturated rings. The highest BCUT2D eigenvalue weighted by molar-refractivity contribution is 5.27. The first kappa shape index (κ1) is 13.3. The fraction of sp³-hybridized carbons (Fsp3) is 0.833. The van der Waals surface area contributed by atoms with Crippen molar-refractivity contribution in [2.45, 2.75) is 39.3 Å². The van der Waals surface area contributed by atoms with Crippen LogP contribution < -0.4 is 10.2 Å². The van der Waals surface area contributed by atoms with Gasteiger partial charge in [0, 0.05) is 6.54 Å². The highest BCUT2D eigenvalue weighted by Gasteiger charge is 2.26. The van der Waals surface area contributed by atoms with Crippen molar-refractivity contribution in [1.29, 1.82) is 0 Å². The van der Waals surface area contributed by atoms with Crippen molar-refractivity contribution < 1.29 is 9.15 Å². The molecule has 102 valence electrons. The maximum atomic E-state index is 5.76. The van der Waals surface area contributed by atoms with Gasteiger partial charge >= 0.3 is 6.01 Å². The summed E-state index contributed by atoms with van der Waals surface area (Å²) >= 11 is 0. The van der Waals surface area contributed by atoms with Gasteiger partial charge in [0.15, 0.2) is 0 Å². The molecule has 0 saturated carbocycles. The van der Waals surface area contributed by atoms with Gasteiger partial charge in [0.2, 0.25) is 5.89 Å². The molecule has 1 saturated heterocycles. The minimum atomic E-state index is 0.0948. The van der Waals surface area contributed by atoms with E-state index in [1.54, 1.807) is 0 Å². The van der Waals surface area contributed by atoms with Gasteiger partial charge in [-0.25, -0.2) is 0 Å². The molecular formula is C12H22N4O2. The molecule has 2 atom stereocenters. The Balaban J connectivity index is 2.08. The van der Waals surface area contributed by atoms with E-state index in [2.05, 4.69) is 34.3 Å². The van der Waals surface area contributed by atoms with Crippen LogP contribution in [0.25, 0.3) is 0 Å². The van der Waals surface area contributed by atoms with Crippen LogP contribution in [0.1, 0.15) is 39.1 Å². The topological polar surface area (TPSA) is 63.4 Å². The molecule has 2 unspecified atom stereocenters. The van der Waals surface area contributed by atoms with Gasteiger partial charge in [0.25, 0.3) is 0 Å². The number of ether oxygens (including phenoxy) is 1. The first-order valence-corrected chi connectivity index (χ1v) is 6.67. The molecule has 0 aliphatic carbocycles. The number of rotatable bonds is 5. The lowest BCUT2D eigenvalue weighted by molar-refractivity contribution is 0.0899. The van der Waals surface area contributed by atoms with Crippen LogP contribution in [-0.4, -0.2) is 42.5 Å². The normalized spacial score (nSPS) is 22.2. The van der Waals surface area contributed by atoms with Crippen LogP contribution in [0.2, 0.25) is 0 Å². The zero-order valence-corrected chi connectivity index (χ0v) is 11.3. The quantitative estimate of drug-likeness (QED) is 0.856. The first-order valence-electron chi connectivity index (χ1n) is 6.67. The van der Waals surface area contributed by atoms with E-state index in [1.165, 1.54) is 0 Å². The van der Waals surface area contributed by atoms with E-state index in [4.69, 9.17) is 9.15 Å². The molecular weight excluding hydrogens is 232 g/mol. The molecule has 0 aromatic carbocycles. The van der Waals surface area contributed by atoms with Crippen LogP contribution in [0.15, 0.2) is 4.42 Å². The fourth-order valence-corrected chi connectivity index (χ4v) is 2.16. The fourth-order valence-electron chi connectivity index (χ4n) is 2.16.